The minimum absolute atomic E-state index is 0.00290. The zero-order valence-electron chi connectivity index (χ0n) is 14.9. The molecule has 1 N–H and O–H groups in total. The number of carbonyl (C=O) groups is 1. The second kappa shape index (κ2) is 7.75. The monoisotopic (exact) mass is 392 g/mol. The molecule has 0 amide bonds. The third-order valence-corrected chi connectivity index (χ3v) is 6.63. The highest BCUT2D eigenvalue weighted by Gasteiger charge is 2.32. The lowest BCUT2D eigenvalue weighted by Gasteiger charge is -2.39. The highest BCUT2D eigenvalue weighted by atomic mass is 32.2. The van der Waals surface area contributed by atoms with Crippen LogP contribution in [-0.4, -0.2) is 54.4 Å². The molecule has 0 radical (unpaired) electrons. The van der Waals surface area contributed by atoms with E-state index in [1.54, 1.807) is 0 Å². The predicted molar refractivity (Wildman–Crippen MR) is 98.4 cm³/mol. The lowest BCUT2D eigenvalue weighted by Crippen LogP contribution is -2.53. The van der Waals surface area contributed by atoms with Gasteiger partial charge in [0.15, 0.2) is 0 Å². The van der Waals surface area contributed by atoms with E-state index in [2.05, 4.69) is 4.90 Å². The van der Waals surface area contributed by atoms with E-state index in [9.17, 15) is 17.6 Å². The van der Waals surface area contributed by atoms with Crippen LogP contribution in [0, 0.1) is 5.82 Å². The van der Waals surface area contributed by atoms with Gasteiger partial charge in [0.25, 0.3) is 0 Å². The van der Waals surface area contributed by atoms with Gasteiger partial charge in [0.2, 0.25) is 10.0 Å². The van der Waals surface area contributed by atoms with Gasteiger partial charge in [-0.15, -0.1) is 0 Å². The van der Waals surface area contributed by atoms with E-state index in [4.69, 9.17) is 5.11 Å². The third-order valence-electron chi connectivity index (χ3n) is 4.77. The first-order valence-electron chi connectivity index (χ1n) is 8.60. The molecule has 0 bridgehead atoms. The van der Waals surface area contributed by atoms with Crippen LogP contribution in [0.4, 0.5) is 4.39 Å². The van der Waals surface area contributed by atoms with Crippen LogP contribution in [0.15, 0.2) is 53.4 Å². The molecule has 144 valence electrons. The fourth-order valence-electron chi connectivity index (χ4n) is 3.21. The van der Waals surface area contributed by atoms with Crippen molar-refractivity contribution in [3.8, 4) is 0 Å². The Hall–Kier alpha value is -2.29. The lowest BCUT2D eigenvalue weighted by molar-refractivity contribution is 0.0691. The molecule has 2 aromatic rings. The molecule has 0 spiro atoms. The van der Waals surface area contributed by atoms with Crippen molar-refractivity contribution >= 4 is 16.0 Å². The van der Waals surface area contributed by atoms with Gasteiger partial charge in [0, 0.05) is 32.2 Å². The highest BCUT2D eigenvalue weighted by molar-refractivity contribution is 7.89. The van der Waals surface area contributed by atoms with Crippen LogP contribution in [0.25, 0.3) is 0 Å². The Morgan fingerprint density at radius 1 is 1.19 bits per heavy atom. The molecule has 1 heterocycles. The predicted octanol–water partition coefficient (Wildman–Crippen LogP) is 2.42. The number of hydrogen-bond donors (Lipinski definition) is 1. The summed E-state index contributed by atoms with van der Waals surface area (Å²) >= 11 is 0. The summed E-state index contributed by atoms with van der Waals surface area (Å²) in [5.41, 5.74) is 0.613. The van der Waals surface area contributed by atoms with Crippen LogP contribution >= 0.6 is 0 Å². The minimum Gasteiger partial charge on any atom is -0.478 e. The number of carboxylic acids is 1. The molecular weight excluding hydrogens is 371 g/mol. The molecular formula is C19H21FN2O4S. The molecule has 3 rings (SSSR count). The summed E-state index contributed by atoms with van der Waals surface area (Å²) in [6, 6.07) is 12.9. The van der Waals surface area contributed by atoms with Gasteiger partial charge in [0.1, 0.15) is 5.82 Å². The van der Waals surface area contributed by atoms with Crippen molar-refractivity contribution in [3.63, 3.8) is 0 Å². The first-order chi connectivity index (χ1) is 12.8. The van der Waals surface area contributed by atoms with Gasteiger partial charge < -0.3 is 5.11 Å². The van der Waals surface area contributed by atoms with Crippen LogP contribution in [0.1, 0.15) is 22.8 Å². The number of piperazine rings is 1. The molecule has 1 saturated heterocycles. The van der Waals surface area contributed by atoms with Crippen LogP contribution in [0.3, 0.4) is 0 Å². The minimum atomic E-state index is -3.88. The van der Waals surface area contributed by atoms with Crippen molar-refractivity contribution < 1.29 is 22.7 Å². The first-order valence-corrected chi connectivity index (χ1v) is 10.0. The Balaban J connectivity index is 1.74. The van der Waals surface area contributed by atoms with Gasteiger partial charge in [-0.1, -0.05) is 30.3 Å². The summed E-state index contributed by atoms with van der Waals surface area (Å²) in [5.74, 6) is -2.49. The first kappa shape index (κ1) is 19.5. The van der Waals surface area contributed by atoms with E-state index in [-0.39, 0.29) is 17.5 Å². The molecule has 1 fully saturated rings. The largest absolute Gasteiger partial charge is 0.478 e. The fraction of sp³-hybridized carbons (Fsp3) is 0.316. The molecule has 6 nitrogen and oxygen atoms in total. The normalized spacial score (nSPS) is 19.1. The van der Waals surface area contributed by atoms with E-state index in [1.807, 2.05) is 37.3 Å². The Bertz CT molecular complexity index is 934. The van der Waals surface area contributed by atoms with E-state index < -0.39 is 27.4 Å². The molecule has 0 saturated carbocycles. The second-order valence-electron chi connectivity index (χ2n) is 6.61. The summed E-state index contributed by atoms with van der Waals surface area (Å²) in [6.07, 6.45) is 0. The molecule has 1 atom stereocenters. The van der Waals surface area contributed by atoms with Gasteiger partial charge in [-0.05, 0) is 30.7 Å². The summed E-state index contributed by atoms with van der Waals surface area (Å²) in [6.45, 7) is 3.83. The molecule has 0 aromatic heterocycles. The quantitative estimate of drug-likeness (QED) is 0.846. The topological polar surface area (TPSA) is 77.9 Å². The number of sulfonamides is 1. The van der Waals surface area contributed by atoms with Gasteiger partial charge in [-0.25, -0.2) is 17.6 Å². The van der Waals surface area contributed by atoms with Gasteiger partial charge >= 0.3 is 5.97 Å². The van der Waals surface area contributed by atoms with E-state index in [1.165, 1.54) is 4.31 Å². The Morgan fingerprint density at radius 2 is 1.89 bits per heavy atom. The van der Waals surface area contributed by atoms with Crippen molar-refractivity contribution in [3.05, 3.63) is 65.5 Å². The number of nitrogens with zero attached hydrogens (tertiary/aromatic N) is 2. The third kappa shape index (κ3) is 4.18. The number of benzene rings is 2. The van der Waals surface area contributed by atoms with Crippen molar-refractivity contribution in [2.24, 2.45) is 0 Å². The van der Waals surface area contributed by atoms with Gasteiger partial charge in [-0.3, -0.25) is 4.90 Å². The van der Waals surface area contributed by atoms with Crippen molar-refractivity contribution in [1.82, 2.24) is 9.21 Å². The second-order valence-corrected chi connectivity index (χ2v) is 8.55. The van der Waals surface area contributed by atoms with E-state index in [0.29, 0.717) is 13.1 Å². The zero-order valence-corrected chi connectivity index (χ0v) is 15.7. The average molecular weight is 392 g/mol. The van der Waals surface area contributed by atoms with Crippen molar-refractivity contribution in [1.29, 1.82) is 0 Å². The molecule has 27 heavy (non-hydrogen) atoms. The van der Waals surface area contributed by atoms with Crippen LogP contribution in [-0.2, 0) is 16.6 Å². The van der Waals surface area contributed by atoms with Crippen LogP contribution < -0.4 is 0 Å². The Labute approximate surface area is 157 Å². The van der Waals surface area contributed by atoms with Crippen molar-refractivity contribution in [2.45, 2.75) is 24.4 Å². The lowest BCUT2D eigenvalue weighted by atomic mass is 10.1. The van der Waals surface area contributed by atoms with Gasteiger partial charge in [0.05, 0.1) is 10.5 Å². The molecule has 1 aliphatic rings. The molecule has 8 heteroatoms. The number of halogens is 1. The number of hydrogen-bond acceptors (Lipinski definition) is 4. The van der Waals surface area contributed by atoms with E-state index >= 15 is 0 Å². The molecule has 2 aromatic carbocycles. The maximum absolute atomic E-state index is 13.9. The highest BCUT2D eigenvalue weighted by Crippen LogP contribution is 2.23. The van der Waals surface area contributed by atoms with Crippen LogP contribution in [0.2, 0.25) is 0 Å². The SMILES string of the molecule is CC1CN(S(=O)(=O)c2ccc(C(=O)O)c(F)c2)CCN1Cc1ccccc1. The van der Waals surface area contributed by atoms with Crippen molar-refractivity contribution in [2.75, 3.05) is 19.6 Å². The maximum Gasteiger partial charge on any atom is 0.338 e. The van der Waals surface area contributed by atoms with Crippen LogP contribution in [0.5, 0.6) is 0 Å². The Morgan fingerprint density at radius 3 is 2.48 bits per heavy atom. The summed E-state index contributed by atoms with van der Waals surface area (Å²) in [4.78, 5) is 12.9. The smallest absolute Gasteiger partial charge is 0.338 e. The van der Waals surface area contributed by atoms with Gasteiger partial charge in [-0.2, -0.15) is 4.31 Å². The number of aromatic carboxylic acids is 1. The Kier molecular flexibility index (Phi) is 5.59. The fourth-order valence-corrected chi connectivity index (χ4v) is 4.74. The summed E-state index contributed by atoms with van der Waals surface area (Å²) in [5, 5.41) is 8.89. The molecule has 1 unspecified atom stereocenters. The number of rotatable bonds is 5. The summed E-state index contributed by atoms with van der Waals surface area (Å²) in [7, 11) is -3.88. The molecule has 0 aliphatic carbocycles. The number of carboxylic acid groups (broad SMARTS) is 1. The van der Waals surface area contributed by atoms with E-state index in [0.717, 1.165) is 30.3 Å². The zero-order chi connectivity index (χ0) is 19.6. The maximum atomic E-state index is 13.9. The standard InChI is InChI=1S/C19H21FN2O4S/c1-14-12-22(10-9-21(14)13-15-5-3-2-4-6-15)27(25,26)16-7-8-17(19(23)24)18(20)11-16/h2-8,11,14H,9-10,12-13H2,1H3,(H,23,24). The molecule has 1 aliphatic heterocycles. The average Bonchev–Trinajstić information content (AvgIpc) is 2.63. The summed E-state index contributed by atoms with van der Waals surface area (Å²) < 4.78 is 40.9.